The van der Waals surface area contributed by atoms with Gasteiger partial charge in [0.05, 0.1) is 12.1 Å². The van der Waals surface area contributed by atoms with Crippen molar-refractivity contribution in [3.8, 4) is 0 Å². The number of aryl methyl sites for hydroxylation is 1. The molecular weight excluding hydrogens is 248 g/mol. The quantitative estimate of drug-likeness (QED) is 0.760. The van der Waals surface area contributed by atoms with Crippen LogP contribution in [0.3, 0.4) is 0 Å². The lowest BCUT2D eigenvalue weighted by Crippen LogP contribution is -1.96. The van der Waals surface area contributed by atoms with Crippen LogP contribution < -0.4 is 5.32 Å². The molecule has 0 bridgehead atoms. The molecule has 3 rings (SSSR count). The van der Waals surface area contributed by atoms with Gasteiger partial charge in [0.25, 0.3) is 0 Å². The van der Waals surface area contributed by atoms with Crippen LogP contribution in [0.5, 0.6) is 0 Å². The number of fused-ring (bicyclic) bond motifs is 1. The second-order valence-electron chi connectivity index (χ2n) is 3.91. The van der Waals surface area contributed by atoms with Crippen molar-refractivity contribution in [1.82, 2.24) is 4.37 Å². The summed E-state index contributed by atoms with van der Waals surface area (Å²) in [4.78, 5) is 1.39. The summed E-state index contributed by atoms with van der Waals surface area (Å²) in [5.41, 5.74) is 2.43. The van der Waals surface area contributed by atoms with Gasteiger partial charge in [-0.2, -0.15) is 4.37 Å². The van der Waals surface area contributed by atoms with E-state index in [2.05, 4.69) is 40.2 Å². The zero-order valence-electron chi connectivity index (χ0n) is 9.43. The first kappa shape index (κ1) is 10.7. The number of thiophene rings is 1. The lowest BCUT2D eigenvalue weighted by atomic mass is 10.2. The van der Waals surface area contributed by atoms with E-state index in [4.69, 9.17) is 0 Å². The lowest BCUT2D eigenvalue weighted by Gasteiger charge is -2.02. The number of benzene rings is 1. The summed E-state index contributed by atoms with van der Waals surface area (Å²) in [6, 6.07) is 10.4. The van der Waals surface area contributed by atoms with Gasteiger partial charge in [0.15, 0.2) is 0 Å². The molecule has 0 aliphatic carbocycles. The maximum Gasteiger partial charge on any atom is 0.117 e. The van der Waals surface area contributed by atoms with Crippen LogP contribution in [0, 0.1) is 6.92 Å². The van der Waals surface area contributed by atoms with E-state index < -0.39 is 0 Å². The van der Waals surface area contributed by atoms with Crippen LogP contribution in [0.15, 0.2) is 35.7 Å². The summed E-state index contributed by atoms with van der Waals surface area (Å²) < 4.78 is 4.42. The highest BCUT2D eigenvalue weighted by Crippen LogP contribution is 2.28. The van der Waals surface area contributed by atoms with E-state index in [0.717, 1.165) is 17.1 Å². The van der Waals surface area contributed by atoms with Gasteiger partial charge >= 0.3 is 0 Å². The lowest BCUT2D eigenvalue weighted by molar-refractivity contribution is 1.18. The number of hydrogen-bond donors (Lipinski definition) is 1. The number of aromatic nitrogens is 1. The first-order chi connectivity index (χ1) is 8.34. The Morgan fingerprint density at radius 3 is 2.94 bits per heavy atom. The fourth-order valence-corrected chi connectivity index (χ4v) is 3.36. The molecule has 17 heavy (non-hydrogen) atoms. The van der Waals surface area contributed by atoms with Crippen molar-refractivity contribution in [3.63, 3.8) is 0 Å². The fourth-order valence-electron chi connectivity index (χ4n) is 1.76. The zero-order chi connectivity index (χ0) is 11.7. The highest BCUT2D eigenvalue weighted by atomic mass is 32.1. The number of rotatable bonds is 3. The molecule has 0 aliphatic rings. The Hall–Kier alpha value is -1.39. The van der Waals surface area contributed by atoms with Gasteiger partial charge in [-0.1, -0.05) is 12.1 Å². The van der Waals surface area contributed by atoms with Crippen LogP contribution in [0.2, 0.25) is 0 Å². The Balaban J connectivity index is 1.84. The number of hydrogen-bond acceptors (Lipinski definition) is 4. The minimum Gasteiger partial charge on any atom is -0.370 e. The van der Waals surface area contributed by atoms with Crippen LogP contribution in [-0.2, 0) is 6.54 Å². The van der Waals surface area contributed by atoms with E-state index in [1.54, 1.807) is 11.3 Å². The summed E-state index contributed by atoms with van der Waals surface area (Å²) in [5.74, 6) is 0. The second-order valence-corrected chi connectivity index (χ2v) is 5.68. The predicted octanol–water partition coefficient (Wildman–Crippen LogP) is 4.28. The third-order valence-corrected chi connectivity index (χ3v) is 4.62. The topological polar surface area (TPSA) is 24.9 Å². The molecule has 0 aliphatic heterocycles. The maximum absolute atomic E-state index is 4.42. The predicted molar refractivity (Wildman–Crippen MR) is 76.0 cm³/mol. The number of nitrogens with zero attached hydrogens (tertiary/aromatic N) is 1. The standard InChI is InChI=1S/C13H12N2S2/c1-9-6-7-16-12(9)8-14-13-10-4-2-3-5-11(10)15-17-13/h2-7,14H,8H2,1H3. The van der Waals surface area contributed by atoms with Crippen molar-refractivity contribution < 1.29 is 0 Å². The fraction of sp³-hybridized carbons (Fsp3) is 0.154. The Morgan fingerprint density at radius 2 is 2.12 bits per heavy atom. The first-order valence-corrected chi connectivity index (χ1v) is 7.11. The minimum atomic E-state index is 0.885. The van der Waals surface area contributed by atoms with Crippen molar-refractivity contribution in [3.05, 3.63) is 46.2 Å². The third kappa shape index (κ3) is 2.06. The molecule has 4 heteroatoms. The maximum atomic E-state index is 4.42. The Bertz CT molecular complexity index is 639. The van der Waals surface area contributed by atoms with Crippen LogP contribution >= 0.6 is 22.9 Å². The van der Waals surface area contributed by atoms with E-state index in [0.29, 0.717) is 0 Å². The Morgan fingerprint density at radius 1 is 1.24 bits per heavy atom. The molecule has 86 valence electrons. The molecule has 0 fully saturated rings. The van der Waals surface area contributed by atoms with Gasteiger partial charge in [-0.05, 0) is 47.6 Å². The normalized spacial score (nSPS) is 10.9. The molecule has 3 aromatic rings. The molecule has 2 aromatic heterocycles. The Kier molecular flexibility index (Phi) is 2.82. The zero-order valence-corrected chi connectivity index (χ0v) is 11.1. The largest absolute Gasteiger partial charge is 0.370 e. The smallest absolute Gasteiger partial charge is 0.117 e. The van der Waals surface area contributed by atoms with Crippen molar-refractivity contribution in [1.29, 1.82) is 0 Å². The molecule has 2 nitrogen and oxygen atoms in total. The third-order valence-electron chi connectivity index (χ3n) is 2.76. The molecule has 1 aromatic carbocycles. The molecule has 1 N–H and O–H groups in total. The van der Waals surface area contributed by atoms with E-state index in [9.17, 15) is 0 Å². The van der Waals surface area contributed by atoms with Crippen molar-refractivity contribution in [2.24, 2.45) is 0 Å². The summed E-state index contributed by atoms with van der Waals surface area (Å²) in [5, 5.41) is 7.99. The van der Waals surface area contributed by atoms with Crippen LogP contribution in [0.25, 0.3) is 10.9 Å². The Labute approximate surface area is 108 Å². The summed E-state index contributed by atoms with van der Waals surface area (Å²) in [6.07, 6.45) is 0. The molecule has 0 saturated heterocycles. The monoisotopic (exact) mass is 260 g/mol. The molecule has 0 atom stereocenters. The molecule has 0 unspecified atom stereocenters. The van der Waals surface area contributed by atoms with Gasteiger partial charge in [0.1, 0.15) is 5.00 Å². The van der Waals surface area contributed by atoms with E-state index in [-0.39, 0.29) is 0 Å². The van der Waals surface area contributed by atoms with Gasteiger partial charge < -0.3 is 5.32 Å². The molecular formula is C13H12N2S2. The van der Waals surface area contributed by atoms with Crippen LogP contribution in [-0.4, -0.2) is 4.37 Å². The molecule has 0 radical (unpaired) electrons. The van der Waals surface area contributed by atoms with E-state index in [1.165, 1.54) is 27.4 Å². The van der Waals surface area contributed by atoms with Crippen molar-refractivity contribution in [2.45, 2.75) is 13.5 Å². The second kappa shape index (κ2) is 4.47. The summed E-state index contributed by atoms with van der Waals surface area (Å²) in [6.45, 7) is 3.04. The molecule has 0 saturated carbocycles. The summed E-state index contributed by atoms with van der Waals surface area (Å²) in [7, 11) is 0. The summed E-state index contributed by atoms with van der Waals surface area (Å²) >= 11 is 3.33. The van der Waals surface area contributed by atoms with Gasteiger partial charge in [0, 0.05) is 10.3 Å². The number of anilines is 1. The van der Waals surface area contributed by atoms with Gasteiger partial charge in [-0.25, -0.2) is 0 Å². The van der Waals surface area contributed by atoms with Crippen molar-refractivity contribution >= 4 is 38.8 Å². The minimum absolute atomic E-state index is 0.885. The number of nitrogens with one attached hydrogen (secondary N) is 1. The van der Waals surface area contributed by atoms with E-state index in [1.807, 2.05) is 12.1 Å². The van der Waals surface area contributed by atoms with Crippen LogP contribution in [0.1, 0.15) is 10.4 Å². The average molecular weight is 260 g/mol. The highest BCUT2D eigenvalue weighted by molar-refractivity contribution is 7.12. The molecule has 2 heterocycles. The average Bonchev–Trinajstić information content (AvgIpc) is 2.93. The van der Waals surface area contributed by atoms with Crippen molar-refractivity contribution in [2.75, 3.05) is 5.32 Å². The van der Waals surface area contributed by atoms with E-state index >= 15 is 0 Å². The van der Waals surface area contributed by atoms with Gasteiger partial charge in [-0.15, -0.1) is 11.3 Å². The SMILES string of the molecule is Cc1ccsc1CNc1snc2ccccc12. The first-order valence-electron chi connectivity index (χ1n) is 5.46. The van der Waals surface area contributed by atoms with Gasteiger partial charge in [-0.3, -0.25) is 0 Å². The van der Waals surface area contributed by atoms with Crippen LogP contribution in [0.4, 0.5) is 5.00 Å². The van der Waals surface area contributed by atoms with Gasteiger partial charge in [0.2, 0.25) is 0 Å². The molecule has 0 amide bonds. The molecule has 0 spiro atoms. The highest BCUT2D eigenvalue weighted by Gasteiger charge is 2.05.